The van der Waals surface area contributed by atoms with Crippen LogP contribution in [0.2, 0.25) is 0 Å². The largest absolute Gasteiger partial charge is 0.466 e. The van der Waals surface area contributed by atoms with Crippen molar-refractivity contribution in [1.29, 1.82) is 0 Å². The standard InChI is InChI=1S/C10H19NO2/c1-4-13-9(12)10(2)5-7-11(3)8-6-10/h4-8H2,1-3H3. The van der Waals surface area contributed by atoms with Gasteiger partial charge in [0, 0.05) is 0 Å². The fraction of sp³-hybridized carbons (Fsp3) is 0.900. The van der Waals surface area contributed by atoms with E-state index in [-0.39, 0.29) is 11.4 Å². The number of carbonyl (C=O) groups excluding carboxylic acids is 1. The van der Waals surface area contributed by atoms with E-state index in [0.29, 0.717) is 6.61 Å². The van der Waals surface area contributed by atoms with Gasteiger partial charge in [-0.05, 0) is 46.8 Å². The molecule has 1 aliphatic rings. The zero-order valence-electron chi connectivity index (χ0n) is 8.80. The van der Waals surface area contributed by atoms with Crippen molar-refractivity contribution in [1.82, 2.24) is 4.90 Å². The molecule has 0 aliphatic carbocycles. The van der Waals surface area contributed by atoms with Crippen molar-refractivity contribution in [2.24, 2.45) is 5.41 Å². The van der Waals surface area contributed by atoms with Crippen LogP contribution in [-0.4, -0.2) is 37.6 Å². The van der Waals surface area contributed by atoms with Gasteiger partial charge in [-0.1, -0.05) is 0 Å². The first-order chi connectivity index (χ1) is 6.08. The Balaban J connectivity index is 2.51. The number of hydrogen-bond donors (Lipinski definition) is 0. The molecule has 1 fully saturated rings. The minimum absolute atomic E-state index is 0.0249. The monoisotopic (exact) mass is 185 g/mol. The zero-order valence-corrected chi connectivity index (χ0v) is 8.80. The number of piperidine rings is 1. The summed E-state index contributed by atoms with van der Waals surface area (Å²) in [5.74, 6) is -0.0249. The van der Waals surface area contributed by atoms with Crippen molar-refractivity contribution < 1.29 is 9.53 Å². The van der Waals surface area contributed by atoms with Crippen molar-refractivity contribution in [3.63, 3.8) is 0 Å². The maximum atomic E-state index is 11.6. The van der Waals surface area contributed by atoms with E-state index >= 15 is 0 Å². The SMILES string of the molecule is CCOC(=O)C1(C)CCN(C)CC1. The summed E-state index contributed by atoms with van der Waals surface area (Å²) in [6.45, 7) is 6.35. The minimum atomic E-state index is -0.234. The molecular weight excluding hydrogens is 166 g/mol. The lowest BCUT2D eigenvalue weighted by molar-refractivity contribution is -0.157. The summed E-state index contributed by atoms with van der Waals surface area (Å²) in [5.41, 5.74) is -0.234. The highest BCUT2D eigenvalue weighted by atomic mass is 16.5. The Morgan fingerprint density at radius 2 is 2.00 bits per heavy atom. The summed E-state index contributed by atoms with van der Waals surface area (Å²) in [4.78, 5) is 13.8. The highest BCUT2D eigenvalue weighted by molar-refractivity contribution is 5.76. The number of nitrogens with zero attached hydrogens (tertiary/aromatic N) is 1. The van der Waals surface area contributed by atoms with Crippen LogP contribution < -0.4 is 0 Å². The van der Waals surface area contributed by atoms with Gasteiger partial charge in [0.05, 0.1) is 12.0 Å². The Bertz CT molecular complexity index is 183. The Morgan fingerprint density at radius 3 is 2.46 bits per heavy atom. The third-order valence-corrected chi connectivity index (χ3v) is 2.86. The van der Waals surface area contributed by atoms with Gasteiger partial charge < -0.3 is 9.64 Å². The highest BCUT2D eigenvalue weighted by Crippen LogP contribution is 2.31. The van der Waals surface area contributed by atoms with Crippen molar-refractivity contribution in [3.05, 3.63) is 0 Å². The van der Waals surface area contributed by atoms with Gasteiger partial charge in [-0.3, -0.25) is 4.79 Å². The minimum Gasteiger partial charge on any atom is -0.466 e. The molecule has 0 amide bonds. The fourth-order valence-electron chi connectivity index (χ4n) is 1.62. The van der Waals surface area contributed by atoms with Crippen molar-refractivity contribution in [2.75, 3.05) is 26.7 Å². The lowest BCUT2D eigenvalue weighted by Gasteiger charge is -2.35. The molecular formula is C10H19NO2. The zero-order chi connectivity index (χ0) is 9.90. The van der Waals surface area contributed by atoms with E-state index in [4.69, 9.17) is 4.74 Å². The van der Waals surface area contributed by atoms with Crippen molar-refractivity contribution >= 4 is 5.97 Å². The lowest BCUT2D eigenvalue weighted by Crippen LogP contribution is -2.41. The predicted octanol–water partition coefficient (Wildman–Crippen LogP) is 1.28. The molecule has 1 rings (SSSR count). The second-order valence-electron chi connectivity index (χ2n) is 4.08. The summed E-state index contributed by atoms with van der Waals surface area (Å²) in [7, 11) is 2.09. The molecule has 13 heavy (non-hydrogen) atoms. The second-order valence-corrected chi connectivity index (χ2v) is 4.08. The Morgan fingerprint density at radius 1 is 1.46 bits per heavy atom. The number of likely N-dealkylation sites (tertiary alicyclic amines) is 1. The Labute approximate surface area is 80.1 Å². The first-order valence-electron chi connectivity index (χ1n) is 4.94. The molecule has 0 aromatic rings. The smallest absolute Gasteiger partial charge is 0.311 e. The normalized spacial score (nSPS) is 22.7. The molecule has 3 heteroatoms. The van der Waals surface area contributed by atoms with Gasteiger partial charge in [0.15, 0.2) is 0 Å². The van der Waals surface area contributed by atoms with Gasteiger partial charge in [0.2, 0.25) is 0 Å². The topological polar surface area (TPSA) is 29.5 Å². The first-order valence-corrected chi connectivity index (χ1v) is 4.94. The van der Waals surface area contributed by atoms with E-state index in [1.54, 1.807) is 0 Å². The van der Waals surface area contributed by atoms with Crippen LogP contribution in [0.3, 0.4) is 0 Å². The molecule has 0 aromatic heterocycles. The lowest BCUT2D eigenvalue weighted by atomic mass is 9.80. The molecule has 1 heterocycles. The number of esters is 1. The molecule has 3 nitrogen and oxygen atoms in total. The van der Waals surface area contributed by atoms with Gasteiger partial charge in [-0.2, -0.15) is 0 Å². The van der Waals surface area contributed by atoms with Gasteiger partial charge >= 0.3 is 5.97 Å². The molecule has 0 radical (unpaired) electrons. The molecule has 0 bridgehead atoms. The molecule has 1 saturated heterocycles. The third kappa shape index (κ3) is 2.44. The third-order valence-electron chi connectivity index (χ3n) is 2.86. The van der Waals surface area contributed by atoms with Crippen molar-refractivity contribution in [3.8, 4) is 0 Å². The van der Waals surface area contributed by atoms with E-state index in [9.17, 15) is 4.79 Å². The molecule has 0 spiro atoms. The Hall–Kier alpha value is -0.570. The van der Waals surface area contributed by atoms with Gasteiger partial charge in [0.25, 0.3) is 0 Å². The van der Waals surface area contributed by atoms with Crippen LogP contribution in [0.5, 0.6) is 0 Å². The predicted molar refractivity (Wildman–Crippen MR) is 51.5 cm³/mol. The second kappa shape index (κ2) is 4.09. The van der Waals surface area contributed by atoms with Gasteiger partial charge in [-0.15, -0.1) is 0 Å². The number of ether oxygens (including phenoxy) is 1. The highest BCUT2D eigenvalue weighted by Gasteiger charge is 2.37. The molecule has 0 aromatic carbocycles. The maximum Gasteiger partial charge on any atom is 0.311 e. The van der Waals surface area contributed by atoms with Crippen LogP contribution in [0, 0.1) is 5.41 Å². The summed E-state index contributed by atoms with van der Waals surface area (Å²) in [6, 6.07) is 0. The number of carbonyl (C=O) groups is 1. The quantitative estimate of drug-likeness (QED) is 0.607. The molecule has 76 valence electrons. The number of rotatable bonds is 2. The number of hydrogen-bond acceptors (Lipinski definition) is 3. The Kier molecular flexibility index (Phi) is 3.31. The van der Waals surface area contributed by atoms with Gasteiger partial charge in [0.1, 0.15) is 0 Å². The van der Waals surface area contributed by atoms with Crippen LogP contribution in [0.4, 0.5) is 0 Å². The molecule has 0 unspecified atom stereocenters. The van der Waals surface area contributed by atoms with E-state index in [1.165, 1.54) is 0 Å². The maximum absolute atomic E-state index is 11.6. The average Bonchev–Trinajstić information content (AvgIpc) is 2.11. The molecule has 0 saturated carbocycles. The molecule has 0 atom stereocenters. The van der Waals surface area contributed by atoms with Gasteiger partial charge in [-0.25, -0.2) is 0 Å². The van der Waals surface area contributed by atoms with Crippen LogP contribution in [-0.2, 0) is 9.53 Å². The summed E-state index contributed by atoms with van der Waals surface area (Å²) >= 11 is 0. The molecule has 0 N–H and O–H groups in total. The van der Waals surface area contributed by atoms with Crippen molar-refractivity contribution in [2.45, 2.75) is 26.7 Å². The van der Waals surface area contributed by atoms with E-state index < -0.39 is 0 Å². The van der Waals surface area contributed by atoms with E-state index in [2.05, 4.69) is 11.9 Å². The summed E-state index contributed by atoms with van der Waals surface area (Å²) < 4.78 is 5.06. The van der Waals surface area contributed by atoms with Crippen LogP contribution in [0.1, 0.15) is 26.7 Å². The first kappa shape index (κ1) is 10.5. The van der Waals surface area contributed by atoms with Crippen LogP contribution in [0.15, 0.2) is 0 Å². The van der Waals surface area contributed by atoms with Crippen LogP contribution >= 0.6 is 0 Å². The summed E-state index contributed by atoms with van der Waals surface area (Å²) in [6.07, 6.45) is 1.84. The van der Waals surface area contributed by atoms with E-state index in [1.807, 2.05) is 13.8 Å². The average molecular weight is 185 g/mol. The molecule has 1 aliphatic heterocycles. The van der Waals surface area contributed by atoms with E-state index in [0.717, 1.165) is 25.9 Å². The fourth-order valence-corrected chi connectivity index (χ4v) is 1.62. The van der Waals surface area contributed by atoms with Crippen LogP contribution in [0.25, 0.3) is 0 Å². The summed E-state index contributed by atoms with van der Waals surface area (Å²) in [5, 5.41) is 0.